The Morgan fingerprint density at radius 2 is 1.79 bits per heavy atom. The van der Waals surface area contributed by atoms with E-state index >= 15 is 0 Å². The number of nitrogens with one attached hydrogen (secondary N) is 1. The molecule has 0 bridgehead atoms. The molecule has 0 spiro atoms. The van der Waals surface area contributed by atoms with Crippen molar-refractivity contribution in [3.05, 3.63) is 0 Å². The zero-order valence-corrected chi connectivity index (χ0v) is 12.9. The first kappa shape index (κ1) is 18.2. The fraction of sp³-hybridized carbons (Fsp3) is 0.929. The average molecular weight is 273 g/mol. The Bertz CT molecular complexity index is 276. The van der Waals surface area contributed by atoms with Crippen molar-refractivity contribution in [3.8, 4) is 0 Å². The van der Waals surface area contributed by atoms with Gasteiger partial charge in [0.2, 0.25) is 0 Å². The van der Waals surface area contributed by atoms with Crippen molar-refractivity contribution in [3.63, 3.8) is 0 Å². The van der Waals surface area contributed by atoms with Crippen LogP contribution in [0.25, 0.3) is 0 Å². The lowest BCUT2D eigenvalue weighted by atomic mass is 9.86. The smallest absolute Gasteiger partial charge is 0.144 e. The van der Waals surface area contributed by atoms with Crippen molar-refractivity contribution in [2.45, 2.75) is 53.4 Å². The minimum Gasteiger partial charge on any atom is -0.409 e. The highest BCUT2D eigenvalue weighted by Crippen LogP contribution is 2.23. The number of amidine groups is 1. The Kier molecular flexibility index (Phi) is 8.02. The normalized spacial score (nSPS) is 13.8. The van der Waals surface area contributed by atoms with Crippen molar-refractivity contribution >= 4 is 5.84 Å². The summed E-state index contributed by atoms with van der Waals surface area (Å²) < 4.78 is 0. The summed E-state index contributed by atoms with van der Waals surface area (Å²) in [6.45, 7) is 10.5. The number of nitrogens with zero attached hydrogens (tertiary/aromatic N) is 1. The molecule has 0 saturated carbocycles. The molecule has 0 fully saturated rings. The Morgan fingerprint density at radius 3 is 2.32 bits per heavy atom. The molecule has 0 heterocycles. The van der Waals surface area contributed by atoms with Crippen LogP contribution in [0.5, 0.6) is 0 Å². The number of aliphatic hydroxyl groups excluding tert-OH is 1. The summed E-state index contributed by atoms with van der Waals surface area (Å²) in [6.07, 6.45) is 3.74. The number of hydrogen-bond donors (Lipinski definition) is 4. The summed E-state index contributed by atoms with van der Waals surface area (Å²) in [5.74, 6) is 0.288. The molecule has 0 amide bonds. The van der Waals surface area contributed by atoms with Crippen molar-refractivity contribution in [2.75, 3.05) is 19.7 Å². The fourth-order valence-electron chi connectivity index (χ4n) is 1.99. The van der Waals surface area contributed by atoms with Gasteiger partial charge in [0, 0.05) is 18.6 Å². The molecule has 5 N–H and O–H groups in total. The third-order valence-electron chi connectivity index (χ3n) is 3.57. The lowest BCUT2D eigenvalue weighted by molar-refractivity contribution is 0.236. The monoisotopic (exact) mass is 273 g/mol. The molecule has 0 atom stereocenters. The van der Waals surface area contributed by atoms with Crippen LogP contribution in [0.4, 0.5) is 0 Å². The Balaban J connectivity index is 3.82. The van der Waals surface area contributed by atoms with Crippen LogP contribution in [0, 0.1) is 10.8 Å². The number of aliphatic hydroxyl groups is 1. The SMILES string of the molecule is CC(C)(CCCO)CNCCCC(C)(C)C(N)=NO. The first-order valence-corrected chi connectivity index (χ1v) is 7.05. The molecule has 0 aromatic rings. The van der Waals surface area contributed by atoms with Crippen LogP contribution in [-0.4, -0.2) is 35.8 Å². The molecular weight excluding hydrogens is 242 g/mol. The van der Waals surface area contributed by atoms with Gasteiger partial charge in [-0.1, -0.05) is 32.9 Å². The maximum absolute atomic E-state index is 8.84. The molecule has 0 aliphatic heterocycles. The minimum atomic E-state index is -0.261. The third-order valence-corrected chi connectivity index (χ3v) is 3.57. The first-order valence-electron chi connectivity index (χ1n) is 7.05. The molecule has 0 unspecified atom stereocenters. The van der Waals surface area contributed by atoms with E-state index in [4.69, 9.17) is 16.0 Å². The average Bonchev–Trinajstić information content (AvgIpc) is 2.34. The van der Waals surface area contributed by atoms with Gasteiger partial charge in [-0.25, -0.2) is 0 Å². The van der Waals surface area contributed by atoms with Crippen molar-refractivity contribution in [2.24, 2.45) is 21.7 Å². The molecule has 0 aromatic carbocycles. The van der Waals surface area contributed by atoms with E-state index in [2.05, 4.69) is 24.3 Å². The van der Waals surface area contributed by atoms with Gasteiger partial charge in [-0.2, -0.15) is 0 Å². The summed E-state index contributed by atoms with van der Waals surface area (Å²) in [6, 6.07) is 0. The van der Waals surface area contributed by atoms with E-state index in [9.17, 15) is 0 Å². The summed E-state index contributed by atoms with van der Waals surface area (Å²) in [5, 5.41) is 24.1. The molecule has 5 heteroatoms. The number of rotatable bonds is 10. The Labute approximate surface area is 117 Å². The standard InChI is InChI=1S/C14H31N3O2/c1-13(2,7-6-10-18)11-16-9-5-8-14(3,4)12(15)17-19/h16,18-19H,5-11H2,1-4H3,(H2,15,17). The molecule has 0 aromatic heterocycles. The molecule has 0 saturated heterocycles. The van der Waals surface area contributed by atoms with E-state index in [1.807, 2.05) is 13.8 Å². The Hall–Kier alpha value is -0.810. The molecule has 0 aliphatic carbocycles. The van der Waals surface area contributed by atoms with Gasteiger partial charge in [0.25, 0.3) is 0 Å². The molecule has 19 heavy (non-hydrogen) atoms. The second-order valence-corrected chi connectivity index (χ2v) is 6.64. The summed E-state index contributed by atoms with van der Waals surface area (Å²) in [7, 11) is 0. The van der Waals surface area contributed by atoms with E-state index in [1.165, 1.54) is 0 Å². The van der Waals surface area contributed by atoms with Crippen LogP contribution in [0.1, 0.15) is 53.4 Å². The molecule has 0 rings (SSSR count). The second kappa shape index (κ2) is 8.38. The van der Waals surface area contributed by atoms with Crippen molar-refractivity contribution < 1.29 is 10.3 Å². The molecule has 0 aliphatic rings. The van der Waals surface area contributed by atoms with Crippen LogP contribution >= 0.6 is 0 Å². The summed E-state index contributed by atoms with van der Waals surface area (Å²) in [4.78, 5) is 0. The van der Waals surface area contributed by atoms with E-state index in [0.717, 1.165) is 38.8 Å². The number of oxime groups is 1. The van der Waals surface area contributed by atoms with E-state index in [1.54, 1.807) is 0 Å². The highest BCUT2D eigenvalue weighted by molar-refractivity contribution is 5.85. The largest absolute Gasteiger partial charge is 0.409 e. The van der Waals surface area contributed by atoms with Crippen LogP contribution in [0.2, 0.25) is 0 Å². The Morgan fingerprint density at radius 1 is 1.16 bits per heavy atom. The van der Waals surface area contributed by atoms with E-state index in [-0.39, 0.29) is 23.3 Å². The van der Waals surface area contributed by atoms with Gasteiger partial charge in [-0.15, -0.1) is 0 Å². The minimum absolute atomic E-state index is 0.212. The molecule has 114 valence electrons. The fourth-order valence-corrected chi connectivity index (χ4v) is 1.99. The van der Waals surface area contributed by atoms with Gasteiger partial charge in [-0.05, 0) is 37.6 Å². The highest BCUT2D eigenvalue weighted by atomic mass is 16.4. The number of nitrogens with two attached hydrogens (primary N) is 1. The molecule has 0 radical (unpaired) electrons. The number of hydrogen-bond acceptors (Lipinski definition) is 4. The van der Waals surface area contributed by atoms with Gasteiger partial charge in [0.05, 0.1) is 0 Å². The second-order valence-electron chi connectivity index (χ2n) is 6.64. The van der Waals surface area contributed by atoms with Gasteiger partial charge < -0.3 is 21.4 Å². The predicted molar refractivity (Wildman–Crippen MR) is 79.4 cm³/mol. The lowest BCUT2D eigenvalue weighted by Gasteiger charge is -2.26. The summed E-state index contributed by atoms with van der Waals surface area (Å²) >= 11 is 0. The van der Waals surface area contributed by atoms with Gasteiger partial charge in [0.1, 0.15) is 5.84 Å². The van der Waals surface area contributed by atoms with E-state index in [0.29, 0.717) is 0 Å². The maximum Gasteiger partial charge on any atom is 0.144 e. The maximum atomic E-state index is 8.84. The third kappa shape index (κ3) is 8.06. The molecule has 5 nitrogen and oxygen atoms in total. The topological polar surface area (TPSA) is 90.9 Å². The predicted octanol–water partition coefficient (Wildman–Crippen LogP) is 1.93. The lowest BCUT2D eigenvalue weighted by Crippen LogP contribution is -2.34. The van der Waals surface area contributed by atoms with Crippen LogP contribution in [0.15, 0.2) is 5.16 Å². The zero-order valence-electron chi connectivity index (χ0n) is 12.9. The van der Waals surface area contributed by atoms with Gasteiger partial charge in [-0.3, -0.25) is 0 Å². The van der Waals surface area contributed by atoms with E-state index < -0.39 is 0 Å². The quantitative estimate of drug-likeness (QED) is 0.161. The van der Waals surface area contributed by atoms with Crippen LogP contribution < -0.4 is 11.1 Å². The molecular formula is C14H31N3O2. The zero-order chi connectivity index (χ0) is 14.9. The van der Waals surface area contributed by atoms with Crippen LogP contribution in [0.3, 0.4) is 0 Å². The highest BCUT2D eigenvalue weighted by Gasteiger charge is 2.23. The summed E-state index contributed by atoms with van der Waals surface area (Å²) in [5.41, 5.74) is 5.60. The van der Waals surface area contributed by atoms with Crippen molar-refractivity contribution in [1.29, 1.82) is 0 Å². The van der Waals surface area contributed by atoms with Crippen LogP contribution in [-0.2, 0) is 0 Å². The van der Waals surface area contributed by atoms with Gasteiger partial charge in [0.15, 0.2) is 0 Å². The van der Waals surface area contributed by atoms with Crippen molar-refractivity contribution in [1.82, 2.24) is 5.32 Å². The van der Waals surface area contributed by atoms with Gasteiger partial charge >= 0.3 is 0 Å². The first-order chi connectivity index (χ1) is 8.75.